The molecule has 88 valence electrons. The summed E-state index contributed by atoms with van der Waals surface area (Å²) in [5.41, 5.74) is -1.46. The molecular weight excluding hydrogens is 213 g/mol. The van der Waals surface area contributed by atoms with E-state index in [9.17, 15) is 14.3 Å². The van der Waals surface area contributed by atoms with Crippen molar-refractivity contribution in [3.05, 3.63) is 29.8 Å². The monoisotopic (exact) mass is 227 g/mol. The number of nitrogens with zero attached hydrogens (tertiary/aromatic N) is 1. The van der Waals surface area contributed by atoms with Crippen LogP contribution in [0.3, 0.4) is 0 Å². The largest absolute Gasteiger partial charge is 0.481 e. The molecule has 0 bridgehead atoms. The Morgan fingerprint density at radius 1 is 1.62 bits per heavy atom. The lowest BCUT2D eigenvalue weighted by atomic mass is 9.82. The van der Waals surface area contributed by atoms with Crippen molar-refractivity contribution < 1.29 is 19.4 Å². The zero-order valence-electron chi connectivity index (χ0n) is 9.14. The van der Waals surface area contributed by atoms with Crippen LogP contribution in [-0.4, -0.2) is 21.2 Å². The number of carboxylic acid groups (broad SMARTS) is 1. The van der Waals surface area contributed by atoms with Crippen LogP contribution in [0.15, 0.2) is 18.5 Å². The average Bonchev–Trinajstić information content (AvgIpc) is 2.17. The predicted octanol–water partition coefficient (Wildman–Crippen LogP) is 1.54. The van der Waals surface area contributed by atoms with Crippen molar-refractivity contribution >= 4 is 5.97 Å². The van der Waals surface area contributed by atoms with Crippen LogP contribution in [0.4, 0.5) is 4.39 Å². The van der Waals surface area contributed by atoms with Crippen molar-refractivity contribution in [1.82, 2.24) is 4.98 Å². The highest BCUT2D eigenvalue weighted by Crippen LogP contribution is 2.31. The summed E-state index contributed by atoms with van der Waals surface area (Å²) in [5, 5.41) is 19.1. The summed E-state index contributed by atoms with van der Waals surface area (Å²) in [6.07, 6.45) is 2.52. The maximum absolute atomic E-state index is 12.9. The number of hydrogen-bond donors (Lipinski definition) is 2. The van der Waals surface area contributed by atoms with Crippen LogP contribution in [0.5, 0.6) is 0 Å². The van der Waals surface area contributed by atoms with Gasteiger partial charge in [-0.1, -0.05) is 6.92 Å². The van der Waals surface area contributed by atoms with Gasteiger partial charge >= 0.3 is 5.97 Å². The molecular formula is C11H14FNO3. The predicted molar refractivity (Wildman–Crippen MR) is 55.2 cm³/mol. The Morgan fingerprint density at radius 2 is 2.25 bits per heavy atom. The molecule has 4 nitrogen and oxygen atoms in total. The number of hydrogen-bond acceptors (Lipinski definition) is 3. The van der Waals surface area contributed by atoms with Crippen LogP contribution in [0.1, 0.15) is 25.8 Å². The molecule has 1 rings (SSSR count). The van der Waals surface area contributed by atoms with E-state index in [1.165, 1.54) is 13.1 Å². The fourth-order valence-corrected chi connectivity index (χ4v) is 1.70. The van der Waals surface area contributed by atoms with Gasteiger partial charge in [-0.15, -0.1) is 0 Å². The van der Waals surface area contributed by atoms with Gasteiger partial charge in [-0.3, -0.25) is 9.78 Å². The third kappa shape index (κ3) is 2.36. The number of carbonyl (C=O) groups is 1. The van der Waals surface area contributed by atoms with E-state index in [0.29, 0.717) is 0 Å². The Labute approximate surface area is 92.8 Å². The van der Waals surface area contributed by atoms with E-state index in [1.54, 1.807) is 6.92 Å². The van der Waals surface area contributed by atoms with Gasteiger partial charge in [0.1, 0.15) is 11.4 Å². The minimum atomic E-state index is -1.63. The van der Waals surface area contributed by atoms with Crippen LogP contribution in [0.2, 0.25) is 0 Å². The Hall–Kier alpha value is -1.49. The van der Waals surface area contributed by atoms with Crippen molar-refractivity contribution in [1.29, 1.82) is 0 Å². The van der Waals surface area contributed by atoms with E-state index < -0.39 is 23.3 Å². The Kier molecular flexibility index (Phi) is 3.59. The fraction of sp³-hybridized carbons (Fsp3) is 0.455. The Morgan fingerprint density at radius 3 is 2.69 bits per heavy atom. The topological polar surface area (TPSA) is 70.4 Å². The zero-order valence-corrected chi connectivity index (χ0v) is 9.14. The van der Waals surface area contributed by atoms with E-state index in [1.807, 2.05) is 0 Å². The van der Waals surface area contributed by atoms with Gasteiger partial charge in [-0.2, -0.15) is 0 Å². The maximum atomic E-state index is 12.9. The van der Waals surface area contributed by atoms with Gasteiger partial charge in [0.05, 0.1) is 12.1 Å². The smallest absolute Gasteiger partial charge is 0.309 e. The first-order valence-electron chi connectivity index (χ1n) is 4.95. The van der Waals surface area contributed by atoms with Gasteiger partial charge in [0.15, 0.2) is 0 Å². The van der Waals surface area contributed by atoms with Crippen molar-refractivity contribution in [3.8, 4) is 0 Å². The average molecular weight is 227 g/mol. The molecule has 1 aromatic heterocycles. The van der Waals surface area contributed by atoms with Crippen LogP contribution >= 0.6 is 0 Å². The second-order valence-corrected chi connectivity index (χ2v) is 3.84. The van der Waals surface area contributed by atoms with E-state index in [2.05, 4.69) is 4.98 Å². The molecule has 0 saturated heterocycles. The molecule has 16 heavy (non-hydrogen) atoms. The second-order valence-electron chi connectivity index (χ2n) is 3.84. The SMILES string of the molecule is CCC(C(=O)O)C(C)(O)c1cncc(F)c1. The lowest BCUT2D eigenvalue weighted by molar-refractivity contribution is -0.152. The molecule has 0 amide bonds. The van der Waals surface area contributed by atoms with E-state index in [4.69, 9.17) is 5.11 Å². The third-order valence-corrected chi connectivity index (χ3v) is 2.67. The molecule has 0 fully saturated rings. The first kappa shape index (κ1) is 12.6. The lowest BCUT2D eigenvalue weighted by Gasteiger charge is -2.29. The number of aromatic nitrogens is 1. The highest BCUT2D eigenvalue weighted by molar-refractivity contribution is 5.71. The van der Waals surface area contributed by atoms with Gasteiger partial charge in [0, 0.05) is 11.8 Å². The lowest BCUT2D eigenvalue weighted by Crippen LogP contribution is -2.37. The molecule has 0 aromatic carbocycles. The molecule has 0 spiro atoms. The van der Waals surface area contributed by atoms with Crippen molar-refractivity contribution in [2.45, 2.75) is 25.9 Å². The molecule has 0 aliphatic rings. The molecule has 2 unspecified atom stereocenters. The number of halogens is 1. The van der Waals surface area contributed by atoms with E-state index in [0.717, 1.165) is 12.3 Å². The van der Waals surface area contributed by atoms with Crippen LogP contribution in [0.25, 0.3) is 0 Å². The summed E-state index contributed by atoms with van der Waals surface area (Å²) in [6.45, 7) is 3.01. The number of aliphatic hydroxyl groups is 1. The van der Waals surface area contributed by atoms with Crippen molar-refractivity contribution in [2.75, 3.05) is 0 Å². The normalized spacial score (nSPS) is 16.5. The van der Waals surface area contributed by atoms with Gasteiger partial charge in [0.25, 0.3) is 0 Å². The minimum Gasteiger partial charge on any atom is -0.481 e. The Balaban J connectivity index is 3.13. The number of rotatable bonds is 4. The van der Waals surface area contributed by atoms with Crippen LogP contribution < -0.4 is 0 Å². The van der Waals surface area contributed by atoms with Gasteiger partial charge in [-0.05, 0) is 19.4 Å². The summed E-state index contributed by atoms with van der Waals surface area (Å²) in [6, 6.07) is 1.10. The highest BCUT2D eigenvalue weighted by Gasteiger charge is 2.38. The molecule has 2 N–H and O–H groups in total. The fourth-order valence-electron chi connectivity index (χ4n) is 1.70. The molecule has 0 radical (unpaired) electrons. The number of aliphatic carboxylic acids is 1. The molecule has 0 aliphatic carbocycles. The van der Waals surface area contributed by atoms with E-state index in [-0.39, 0.29) is 12.0 Å². The number of pyridine rings is 1. The number of carboxylic acids is 1. The van der Waals surface area contributed by atoms with Gasteiger partial charge < -0.3 is 10.2 Å². The molecule has 0 aliphatic heterocycles. The van der Waals surface area contributed by atoms with E-state index >= 15 is 0 Å². The van der Waals surface area contributed by atoms with Crippen LogP contribution in [0, 0.1) is 11.7 Å². The zero-order chi connectivity index (χ0) is 12.3. The molecule has 2 atom stereocenters. The van der Waals surface area contributed by atoms with Gasteiger partial charge in [-0.25, -0.2) is 4.39 Å². The molecule has 1 heterocycles. The maximum Gasteiger partial charge on any atom is 0.309 e. The quantitative estimate of drug-likeness (QED) is 0.818. The third-order valence-electron chi connectivity index (χ3n) is 2.67. The second kappa shape index (κ2) is 4.57. The Bertz CT molecular complexity index is 393. The summed E-state index contributed by atoms with van der Waals surface area (Å²) >= 11 is 0. The standard InChI is InChI=1S/C11H14FNO3/c1-3-9(10(14)15)11(2,16)7-4-8(12)6-13-5-7/h4-6,9,16H,3H2,1-2H3,(H,14,15). The highest BCUT2D eigenvalue weighted by atomic mass is 19.1. The molecule has 0 saturated carbocycles. The summed E-state index contributed by atoms with van der Waals surface area (Å²) in [7, 11) is 0. The summed E-state index contributed by atoms with van der Waals surface area (Å²) < 4.78 is 12.9. The first-order valence-corrected chi connectivity index (χ1v) is 4.95. The first-order chi connectivity index (χ1) is 7.39. The molecule has 1 aromatic rings. The van der Waals surface area contributed by atoms with Crippen molar-refractivity contribution in [2.24, 2.45) is 5.92 Å². The minimum absolute atomic E-state index is 0.168. The summed E-state index contributed by atoms with van der Waals surface area (Å²) in [5.74, 6) is -2.70. The molecule has 5 heteroatoms. The summed E-state index contributed by atoms with van der Waals surface area (Å²) in [4.78, 5) is 14.6. The van der Waals surface area contributed by atoms with Gasteiger partial charge in [0.2, 0.25) is 0 Å². The van der Waals surface area contributed by atoms with Crippen molar-refractivity contribution in [3.63, 3.8) is 0 Å². The van der Waals surface area contributed by atoms with Crippen LogP contribution in [-0.2, 0) is 10.4 Å².